The predicted octanol–water partition coefficient (Wildman–Crippen LogP) is 7.09. The van der Waals surface area contributed by atoms with Crippen LogP contribution in [0.4, 0.5) is 0 Å². The van der Waals surface area contributed by atoms with E-state index >= 15 is 0 Å². The molecule has 0 radical (unpaired) electrons. The van der Waals surface area contributed by atoms with Crippen molar-refractivity contribution in [3.8, 4) is 11.1 Å². The number of hydrogen-bond donors (Lipinski definition) is 0. The van der Waals surface area contributed by atoms with Gasteiger partial charge in [-0.3, -0.25) is 4.79 Å². The van der Waals surface area contributed by atoms with E-state index in [-0.39, 0.29) is 17.4 Å². The zero-order valence-electron chi connectivity index (χ0n) is 20.2. The molecule has 0 aliphatic carbocycles. The minimum atomic E-state index is -0.104. The molecule has 1 amide bonds. The number of aromatic nitrogens is 1. The Bertz CT molecular complexity index is 1260. The smallest absolute Gasteiger partial charge is 0.254 e. The third kappa shape index (κ3) is 4.31. The molecule has 1 aliphatic rings. The van der Waals surface area contributed by atoms with E-state index in [0.29, 0.717) is 0 Å². The maximum absolute atomic E-state index is 13.9. The standard InChI is InChI=1S/C31H32N2O/c1-31(2,3)27-18-16-25(17-19-27)29-28-11-7-20-32(28)21-8-22-33(29)30(34)26-14-12-24(13-15-26)23-9-5-4-6-10-23/h4-7,9-20,29H,8,21-22H2,1-3H3. The first-order valence-corrected chi connectivity index (χ1v) is 12.1. The molecule has 1 aromatic heterocycles. The van der Waals surface area contributed by atoms with Gasteiger partial charge in [-0.2, -0.15) is 0 Å². The van der Waals surface area contributed by atoms with Crippen LogP contribution in [-0.2, 0) is 12.0 Å². The van der Waals surface area contributed by atoms with E-state index in [4.69, 9.17) is 0 Å². The number of carbonyl (C=O) groups excluding carboxylic acids is 1. The normalized spacial score (nSPS) is 16.1. The first-order chi connectivity index (χ1) is 16.4. The van der Waals surface area contributed by atoms with Crippen LogP contribution in [0.15, 0.2) is 97.2 Å². The lowest BCUT2D eigenvalue weighted by molar-refractivity contribution is 0.0709. The fourth-order valence-electron chi connectivity index (χ4n) is 4.92. The highest BCUT2D eigenvalue weighted by Gasteiger charge is 2.31. The molecule has 0 fully saturated rings. The Morgan fingerprint density at radius 1 is 0.765 bits per heavy atom. The van der Waals surface area contributed by atoms with E-state index in [1.54, 1.807) is 0 Å². The van der Waals surface area contributed by atoms with Crippen molar-refractivity contribution in [3.63, 3.8) is 0 Å². The van der Waals surface area contributed by atoms with Crippen LogP contribution in [-0.4, -0.2) is 21.9 Å². The summed E-state index contributed by atoms with van der Waals surface area (Å²) in [5.74, 6) is 0.0826. The average molecular weight is 449 g/mol. The summed E-state index contributed by atoms with van der Waals surface area (Å²) in [5, 5.41) is 0. The summed E-state index contributed by atoms with van der Waals surface area (Å²) in [6, 6.07) is 31.3. The van der Waals surface area contributed by atoms with Crippen molar-refractivity contribution >= 4 is 5.91 Å². The number of rotatable bonds is 3. The maximum atomic E-state index is 13.9. The third-order valence-electron chi connectivity index (χ3n) is 6.85. The molecular weight excluding hydrogens is 416 g/mol. The molecule has 3 nitrogen and oxygen atoms in total. The molecule has 3 aromatic carbocycles. The van der Waals surface area contributed by atoms with E-state index < -0.39 is 0 Å². The lowest BCUT2D eigenvalue weighted by Gasteiger charge is -2.31. The van der Waals surface area contributed by atoms with E-state index in [1.165, 1.54) is 11.3 Å². The van der Waals surface area contributed by atoms with Gasteiger partial charge >= 0.3 is 0 Å². The van der Waals surface area contributed by atoms with E-state index in [9.17, 15) is 4.79 Å². The van der Waals surface area contributed by atoms with Gasteiger partial charge in [0.25, 0.3) is 5.91 Å². The summed E-state index contributed by atoms with van der Waals surface area (Å²) in [7, 11) is 0. The SMILES string of the molecule is CC(C)(C)c1ccc(C2c3cccn3CCCN2C(=O)c2ccc(-c3ccccc3)cc2)cc1. The average Bonchev–Trinajstić information content (AvgIpc) is 3.23. The summed E-state index contributed by atoms with van der Waals surface area (Å²) >= 11 is 0. The topological polar surface area (TPSA) is 25.2 Å². The molecule has 172 valence electrons. The van der Waals surface area contributed by atoms with Crippen molar-refractivity contribution in [3.05, 3.63) is 120 Å². The van der Waals surface area contributed by atoms with E-state index in [0.717, 1.165) is 41.8 Å². The second-order valence-electron chi connectivity index (χ2n) is 10.2. The molecule has 1 atom stereocenters. The molecular formula is C31H32N2O. The van der Waals surface area contributed by atoms with Crippen molar-refractivity contribution in [2.45, 2.75) is 45.2 Å². The number of aryl methyl sites for hydroxylation is 1. The minimum absolute atomic E-state index is 0.0826. The van der Waals surface area contributed by atoms with Gasteiger partial charge in [0.15, 0.2) is 0 Å². The molecule has 0 saturated carbocycles. The van der Waals surface area contributed by atoms with Crippen LogP contribution in [0.1, 0.15) is 60.4 Å². The molecule has 34 heavy (non-hydrogen) atoms. The van der Waals surface area contributed by atoms with E-state index in [1.807, 2.05) is 30.3 Å². The molecule has 0 bridgehead atoms. The monoisotopic (exact) mass is 448 g/mol. The lowest BCUT2D eigenvalue weighted by Crippen LogP contribution is -2.35. The van der Waals surface area contributed by atoms with Crippen LogP contribution in [0.3, 0.4) is 0 Å². The molecule has 0 saturated heterocycles. The number of amides is 1. The second kappa shape index (κ2) is 8.98. The van der Waals surface area contributed by atoms with Crippen molar-refractivity contribution in [1.29, 1.82) is 0 Å². The fraction of sp³-hybridized carbons (Fsp3) is 0.258. The lowest BCUT2D eigenvalue weighted by atomic mass is 9.86. The Morgan fingerprint density at radius 3 is 2.12 bits per heavy atom. The Kier molecular flexibility index (Phi) is 5.87. The fourth-order valence-corrected chi connectivity index (χ4v) is 4.92. The van der Waals surface area contributed by atoms with Crippen LogP contribution in [0.5, 0.6) is 0 Å². The summed E-state index contributed by atoms with van der Waals surface area (Å²) < 4.78 is 2.30. The highest BCUT2D eigenvalue weighted by atomic mass is 16.2. The molecule has 4 aromatic rings. The molecule has 1 aliphatic heterocycles. The Labute approximate surface area is 202 Å². The first kappa shape index (κ1) is 22.2. The summed E-state index contributed by atoms with van der Waals surface area (Å²) in [6.07, 6.45) is 3.07. The van der Waals surface area contributed by atoms with Crippen molar-refractivity contribution < 1.29 is 4.79 Å². The van der Waals surface area contributed by atoms with Crippen LogP contribution >= 0.6 is 0 Å². The van der Waals surface area contributed by atoms with Crippen molar-refractivity contribution in [2.75, 3.05) is 6.54 Å². The maximum Gasteiger partial charge on any atom is 0.254 e. The highest BCUT2D eigenvalue weighted by molar-refractivity contribution is 5.95. The van der Waals surface area contributed by atoms with Crippen LogP contribution in [0.25, 0.3) is 11.1 Å². The number of benzene rings is 3. The molecule has 3 heteroatoms. The quantitative estimate of drug-likeness (QED) is 0.328. The van der Waals surface area contributed by atoms with Crippen LogP contribution in [0, 0.1) is 0 Å². The van der Waals surface area contributed by atoms with Crippen molar-refractivity contribution in [1.82, 2.24) is 9.47 Å². The van der Waals surface area contributed by atoms with Crippen LogP contribution in [0.2, 0.25) is 0 Å². The molecule has 0 N–H and O–H groups in total. The minimum Gasteiger partial charge on any atom is -0.349 e. The number of carbonyl (C=O) groups is 1. The van der Waals surface area contributed by atoms with Gasteiger partial charge in [0, 0.05) is 30.5 Å². The molecule has 2 heterocycles. The highest BCUT2D eigenvalue weighted by Crippen LogP contribution is 2.34. The predicted molar refractivity (Wildman–Crippen MR) is 139 cm³/mol. The number of fused-ring (bicyclic) bond motifs is 1. The van der Waals surface area contributed by atoms with Gasteiger partial charge < -0.3 is 9.47 Å². The summed E-state index contributed by atoms with van der Waals surface area (Å²) in [4.78, 5) is 15.9. The first-order valence-electron chi connectivity index (χ1n) is 12.1. The molecule has 0 spiro atoms. The Balaban J connectivity index is 1.50. The van der Waals surface area contributed by atoms with E-state index in [2.05, 4.69) is 97.1 Å². The number of hydrogen-bond acceptors (Lipinski definition) is 1. The van der Waals surface area contributed by atoms with Gasteiger partial charge in [-0.25, -0.2) is 0 Å². The third-order valence-corrected chi connectivity index (χ3v) is 6.85. The van der Waals surface area contributed by atoms with Gasteiger partial charge in [0.2, 0.25) is 0 Å². The van der Waals surface area contributed by atoms with Gasteiger partial charge in [-0.1, -0.05) is 87.5 Å². The number of nitrogens with zero attached hydrogens (tertiary/aromatic N) is 2. The Hall–Kier alpha value is -3.59. The molecule has 5 rings (SSSR count). The van der Waals surface area contributed by atoms with Crippen molar-refractivity contribution in [2.24, 2.45) is 0 Å². The van der Waals surface area contributed by atoms with Crippen LogP contribution < -0.4 is 0 Å². The largest absolute Gasteiger partial charge is 0.349 e. The van der Waals surface area contributed by atoms with Gasteiger partial charge in [0.1, 0.15) is 0 Å². The second-order valence-corrected chi connectivity index (χ2v) is 10.2. The van der Waals surface area contributed by atoms with Gasteiger partial charge in [-0.15, -0.1) is 0 Å². The van der Waals surface area contributed by atoms with Gasteiger partial charge in [0.05, 0.1) is 6.04 Å². The zero-order chi connectivity index (χ0) is 23.7. The summed E-state index contributed by atoms with van der Waals surface area (Å²) in [6.45, 7) is 8.34. The summed E-state index contributed by atoms with van der Waals surface area (Å²) in [5.41, 5.74) is 6.74. The Morgan fingerprint density at radius 2 is 1.44 bits per heavy atom. The molecule has 1 unspecified atom stereocenters. The van der Waals surface area contributed by atoms with Gasteiger partial charge in [-0.05, 0) is 58.4 Å². The zero-order valence-corrected chi connectivity index (χ0v) is 20.2.